The Balaban J connectivity index is 1.93. The first-order valence-electron chi connectivity index (χ1n) is 8.16. The molecule has 1 fully saturated rings. The van der Waals surface area contributed by atoms with Gasteiger partial charge in [0.2, 0.25) is 0 Å². The lowest BCUT2D eigenvalue weighted by molar-refractivity contribution is 0.0965. The maximum atomic E-state index is 12.3. The van der Waals surface area contributed by atoms with Crippen LogP contribution in [0.5, 0.6) is 0 Å². The minimum absolute atomic E-state index is 0.274. The number of rotatable bonds is 6. The van der Waals surface area contributed by atoms with Crippen LogP contribution < -0.4 is 5.32 Å². The Morgan fingerprint density at radius 1 is 1.35 bits per heavy atom. The highest BCUT2D eigenvalue weighted by atomic mass is 35.5. The van der Waals surface area contributed by atoms with Crippen molar-refractivity contribution in [3.63, 3.8) is 0 Å². The predicted molar refractivity (Wildman–Crippen MR) is 93.1 cm³/mol. The highest BCUT2D eigenvalue weighted by molar-refractivity contribution is 6.34. The van der Waals surface area contributed by atoms with Gasteiger partial charge in [0.05, 0.1) is 23.7 Å². The van der Waals surface area contributed by atoms with Crippen molar-refractivity contribution in [1.82, 2.24) is 10.2 Å². The van der Waals surface area contributed by atoms with Crippen molar-refractivity contribution in [2.24, 2.45) is 4.99 Å². The summed E-state index contributed by atoms with van der Waals surface area (Å²) >= 11 is 6.05. The number of amides is 1. The van der Waals surface area contributed by atoms with E-state index in [2.05, 4.69) is 15.2 Å². The lowest BCUT2D eigenvalue weighted by Gasteiger charge is -2.14. The number of carbonyl (C=O) groups excluding carboxylic acids is 1. The molecule has 1 aliphatic heterocycles. The van der Waals surface area contributed by atoms with Gasteiger partial charge < -0.3 is 9.64 Å². The zero-order valence-corrected chi connectivity index (χ0v) is 14.3. The molecule has 0 unspecified atom stereocenters. The van der Waals surface area contributed by atoms with E-state index in [1.54, 1.807) is 24.3 Å². The van der Waals surface area contributed by atoms with Crippen molar-refractivity contribution in [2.75, 3.05) is 32.8 Å². The van der Waals surface area contributed by atoms with Gasteiger partial charge in [-0.05, 0) is 44.5 Å². The van der Waals surface area contributed by atoms with Gasteiger partial charge in [0, 0.05) is 6.54 Å². The molecule has 1 amide bonds. The molecule has 1 aromatic carbocycles. The van der Waals surface area contributed by atoms with E-state index in [1.807, 2.05) is 6.92 Å². The van der Waals surface area contributed by atoms with E-state index < -0.39 is 0 Å². The van der Waals surface area contributed by atoms with Crippen molar-refractivity contribution in [2.45, 2.75) is 26.2 Å². The quantitative estimate of drug-likeness (QED) is 0.641. The molecular weight excluding hydrogens is 314 g/mol. The van der Waals surface area contributed by atoms with Crippen molar-refractivity contribution in [1.29, 1.82) is 0 Å². The summed E-state index contributed by atoms with van der Waals surface area (Å²) in [6.45, 7) is 6.30. The number of likely N-dealkylation sites (tertiary alicyclic amines) is 1. The van der Waals surface area contributed by atoms with Gasteiger partial charge >= 0.3 is 0 Å². The molecule has 5 nitrogen and oxygen atoms in total. The van der Waals surface area contributed by atoms with Crippen LogP contribution in [0.3, 0.4) is 0 Å². The summed E-state index contributed by atoms with van der Waals surface area (Å²) in [7, 11) is 0. The van der Waals surface area contributed by atoms with Gasteiger partial charge in [-0.15, -0.1) is 0 Å². The van der Waals surface area contributed by atoms with Crippen LogP contribution in [-0.4, -0.2) is 49.6 Å². The van der Waals surface area contributed by atoms with Crippen molar-refractivity contribution in [3.8, 4) is 0 Å². The van der Waals surface area contributed by atoms with Crippen LogP contribution >= 0.6 is 11.6 Å². The number of hydrogen-bond acceptors (Lipinski definition) is 4. The molecule has 0 aliphatic carbocycles. The summed E-state index contributed by atoms with van der Waals surface area (Å²) in [4.78, 5) is 19.1. The Bertz CT molecular complexity index is 542. The predicted octanol–water partition coefficient (Wildman–Crippen LogP) is 2.95. The minimum atomic E-state index is -0.299. The van der Waals surface area contributed by atoms with Crippen LogP contribution in [0, 0.1) is 0 Å². The van der Waals surface area contributed by atoms with Gasteiger partial charge in [-0.2, -0.15) is 0 Å². The maximum absolute atomic E-state index is 12.3. The minimum Gasteiger partial charge on any atom is -0.465 e. The van der Waals surface area contributed by atoms with E-state index in [0.717, 1.165) is 26.1 Å². The molecule has 0 radical (unpaired) electrons. The first-order valence-corrected chi connectivity index (χ1v) is 8.54. The number of carbonyl (C=O) groups is 1. The van der Waals surface area contributed by atoms with E-state index in [4.69, 9.17) is 16.3 Å². The standard InChI is InChI=1S/C17H24ClN3O2/c1-2-13-23-17(19-9-12-21-10-5-6-11-21)20-16(22)14-7-3-4-8-15(14)18/h3-4,7-8H,2,5-6,9-13H2,1H3,(H,19,20,22). The second-order valence-electron chi connectivity index (χ2n) is 5.52. The number of nitrogens with one attached hydrogen (secondary N) is 1. The number of ether oxygens (including phenoxy) is 1. The van der Waals surface area contributed by atoms with Crippen LogP contribution in [0.15, 0.2) is 29.3 Å². The van der Waals surface area contributed by atoms with Gasteiger partial charge in [0.1, 0.15) is 0 Å². The topological polar surface area (TPSA) is 53.9 Å². The zero-order chi connectivity index (χ0) is 16.5. The number of benzene rings is 1. The third kappa shape index (κ3) is 5.84. The Labute approximate surface area is 142 Å². The molecule has 1 N–H and O–H groups in total. The molecule has 1 saturated heterocycles. The van der Waals surface area contributed by atoms with Crippen LogP contribution in [-0.2, 0) is 4.74 Å². The van der Waals surface area contributed by atoms with E-state index in [9.17, 15) is 4.79 Å². The monoisotopic (exact) mass is 337 g/mol. The normalized spacial score (nSPS) is 15.7. The van der Waals surface area contributed by atoms with Crippen LogP contribution in [0.1, 0.15) is 36.5 Å². The third-order valence-corrected chi connectivity index (χ3v) is 3.98. The molecule has 2 rings (SSSR count). The van der Waals surface area contributed by atoms with Gasteiger partial charge in [-0.3, -0.25) is 10.1 Å². The molecule has 0 aromatic heterocycles. The fraction of sp³-hybridized carbons (Fsp3) is 0.529. The average molecular weight is 338 g/mol. The van der Waals surface area contributed by atoms with Gasteiger partial charge in [0.15, 0.2) is 0 Å². The van der Waals surface area contributed by atoms with Crippen molar-refractivity contribution in [3.05, 3.63) is 34.9 Å². The smallest absolute Gasteiger partial charge is 0.291 e. The summed E-state index contributed by atoms with van der Waals surface area (Å²) < 4.78 is 5.54. The van der Waals surface area contributed by atoms with Crippen LogP contribution in [0.25, 0.3) is 0 Å². The summed E-state index contributed by atoms with van der Waals surface area (Å²) in [6, 6.07) is 7.21. The fourth-order valence-corrected chi connectivity index (χ4v) is 2.65. The molecule has 0 bridgehead atoms. The molecule has 1 heterocycles. The summed E-state index contributed by atoms with van der Waals surface area (Å²) in [6.07, 6.45) is 3.37. The highest BCUT2D eigenvalue weighted by Crippen LogP contribution is 2.14. The number of hydrogen-bond donors (Lipinski definition) is 1. The number of halogens is 1. The molecule has 126 valence electrons. The Hall–Kier alpha value is -1.59. The molecule has 0 spiro atoms. The zero-order valence-electron chi connectivity index (χ0n) is 13.6. The van der Waals surface area contributed by atoms with Crippen molar-refractivity contribution < 1.29 is 9.53 Å². The number of amidine groups is 1. The molecule has 1 aromatic rings. The van der Waals surface area contributed by atoms with Gasteiger partial charge in [-0.1, -0.05) is 30.7 Å². The first-order chi connectivity index (χ1) is 11.2. The van der Waals surface area contributed by atoms with Crippen LogP contribution in [0.4, 0.5) is 0 Å². The number of nitrogens with zero attached hydrogens (tertiary/aromatic N) is 2. The first kappa shape index (κ1) is 17.8. The second-order valence-corrected chi connectivity index (χ2v) is 5.93. The fourth-order valence-electron chi connectivity index (χ4n) is 2.43. The Morgan fingerprint density at radius 3 is 2.78 bits per heavy atom. The third-order valence-electron chi connectivity index (χ3n) is 3.65. The molecule has 0 atom stereocenters. The lowest BCUT2D eigenvalue weighted by Crippen LogP contribution is -2.34. The second kappa shape index (κ2) is 9.53. The summed E-state index contributed by atoms with van der Waals surface area (Å²) in [5.41, 5.74) is 0.418. The maximum Gasteiger partial charge on any atom is 0.291 e. The average Bonchev–Trinajstić information content (AvgIpc) is 3.06. The Morgan fingerprint density at radius 2 is 2.09 bits per heavy atom. The van der Waals surface area contributed by atoms with E-state index in [1.165, 1.54) is 12.8 Å². The molecular formula is C17H24ClN3O2. The molecule has 23 heavy (non-hydrogen) atoms. The molecule has 0 saturated carbocycles. The van der Waals surface area contributed by atoms with E-state index in [0.29, 0.717) is 23.7 Å². The summed E-state index contributed by atoms with van der Waals surface area (Å²) in [5, 5.41) is 3.13. The molecule has 1 aliphatic rings. The van der Waals surface area contributed by atoms with E-state index >= 15 is 0 Å². The largest absolute Gasteiger partial charge is 0.465 e. The van der Waals surface area contributed by atoms with Gasteiger partial charge in [0.25, 0.3) is 11.9 Å². The number of aliphatic imine (C=N–C) groups is 1. The van der Waals surface area contributed by atoms with Crippen molar-refractivity contribution >= 4 is 23.5 Å². The highest BCUT2D eigenvalue weighted by Gasteiger charge is 2.14. The molecule has 6 heteroatoms. The van der Waals surface area contributed by atoms with Gasteiger partial charge in [-0.25, -0.2) is 4.99 Å². The van der Waals surface area contributed by atoms with Crippen LogP contribution in [0.2, 0.25) is 5.02 Å². The SMILES string of the molecule is CCCOC(=NCCN1CCCC1)NC(=O)c1ccccc1Cl. The lowest BCUT2D eigenvalue weighted by atomic mass is 10.2. The Kier molecular flexibility index (Phi) is 7.36. The summed E-state index contributed by atoms with van der Waals surface area (Å²) in [5.74, 6) is -0.299. The van der Waals surface area contributed by atoms with E-state index in [-0.39, 0.29) is 11.9 Å².